The highest BCUT2D eigenvalue weighted by Gasteiger charge is 2.13. The zero-order chi connectivity index (χ0) is 14.7. The lowest BCUT2D eigenvalue weighted by atomic mass is 9.90. The highest BCUT2D eigenvalue weighted by Crippen LogP contribution is 2.27. The van der Waals surface area contributed by atoms with E-state index in [1.165, 1.54) is 24.0 Å². The molecule has 0 aliphatic heterocycles. The second kappa shape index (κ2) is 5.99. The van der Waals surface area contributed by atoms with Crippen molar-refractivity contribution in [3.8, 4) is 0 Å². The normalized spacial score (nSPS) is 14.8. The SMILES string of the molecule is Cn1ccc(CN=C(N)Nc2cccc3c2CCCC3)n1. The quantitative estimate of drug-likeness (QED) is 0.670. The Hall–Kier alpha value is -2.30. The fourth-order valence-electron chi connectivity index (χ4n) is 2.79. The topological polar surface area (TPSA) is 68.2 Å². The molecule has 3 N–H and O–H groups in total. The van der Waals surface area contributed by atoms with Crippen LogP contribution in [0.1, 0.15) is 29.7 Å². The third kappa shape index (κ3) is 3.24. The van der Waals surface area contributed by atoms with E-state index in [-0.39, 0.29) is 0 Å². The molecule has 5 nitrogen and oxygen atoms in total. The number of aromatic nitrogens is 2. The first-order chi connectivity index (χ1) is 10.2. The third-order valence-corrected chi connectivity index (χ3v) is 3.84. The third-order valence-electron chi connectivity index (χ3n) is 3.84. The Morgan fingerprint density at radius 2 is 2.19 bits per heavy atom. The number of aryl methyl sites for hydroxylation is 2. The summed E-state index contributed by atoms with van der Waals surface area (Å²) in [5, 5.41) is 7.53. The van der Waals surface area contributed by atoms with Crippen molar-refractivity contribution in [3.05, 3.63) is 47.3 Å². The van der Waals surface area contributed by atoms with E-state index in [2.05, 4.69) is 33.6 Å². The second-order valence-electron chi connectivity index (χ2n) is 5.46. The summed E-state index contributed by atoms with van der Waals surface area (Å²) in [6.07, 6.45) is 6.71. The molecule has 1 heterocycles. The van der Waals surface area contributed by atoms with Crippen LogP contribution in [-0.4, -0.2) is 15.7 Å². The summed E-state index contributed by atoms with van der Waals surface area (Å²) in [4.78, 5) is 4.36. The molecule has 0 fully saturated rings. The Kier molecular flexibility index (Phi) is 3.90. The van der Waals surface area contributed by atoms with Gasteiger partial charge < -0.3 is 11.1 Å². The van der Waals surface area contributed by atoms with Crippen molar-refractivity contribution in [2.45, 2.75) is 32.2 Å². The van der Waals surface area contributed by atoms with E-state index in [0.29, 0.717) is 12.5 Å². The average Bonchev–Trinajstić information content (AvgIpc) is 2.91. The molecule has 0 unspecified atom stereocenters. The standard InChI is InChI=1S/C16H21N5/c1-21-10-9-13(20-21)11-18-16(17)19-15-8-4-6-12-5-2-3-7-14(12)15/h4,6,8-10H,2-3,5,7,11H2,1H3,(H3,17,18,19). The molecule has 1 aromatic heterocycles. The molecule has 0 bridgehead atoms. The maximum absolute atomic E-state index is 6.00. The van der Waals surface area contributed by atoms with Crippen molar-refractivity contribution in [1.29, 1.82) is 0 Å². The van der Waals surface area contributed by atoms with E-state index in [4.69, 9.17) is 5.73 Å². The summed E-state index contributed by atoms with van der Waals surface area (Å²) >= 11 is 0. The lowest BCUT2D eigenvalue weighted by Crippen LogP contribution is -2.24. The van der Waals surface area contributed by atoms with E-state index in [1.54, 1.807) is 4.68 Å². The van der Waals surface area contributed by atoms with Gasteiger partial charge in [-0.1, -0.05) is 12.1 Å². The minimum Gasteiger partial charge on any atom is -0.370 e. The Morgan fingerprint density at radius 1 is 1.33 bits per heavy atom. The maximum Gasteiger partial charge on any atom is 0.193 e. The summed E-state index contributed by atoms with van der Waals surface area (Å²) in [7, 11) is 1.89. The number of nitrogens with two attached hydrogens (primary N) is 1. The Balaban J connectivity index is 1.71. The molecule has 110 valence electrons. The minimum atomic E-state index is 0.444. The maximum atomic E-state index is 6.00. The van der Waals surface area contributed by atoms with Gasteiger partial charge in [0.05, 0.1) is 12.2 Å². The van der Waals surface area contributed by atoms with Gasteiger partial charge in [0.15, 0.2) is 5.96 Å². The van der Waals surface area contributed by atoms with Gasteiger partial charge >= 0.3 is 0 Å². The van der Waals surface area contributed by atoms with Gasteiger partial charge in [0.2, 0.25) is 0 Å². The first-order valence-electron chi connectivity index (χ1n) is 7.38. The number of hydrogen-bond acceptors (Lipinski definition) is 2. The fraction of sp³-hybridized carbons (Fsp3) is 0.375. The summed E-state index contributed by atoms with van der Waals surface area (Å²) < 4.78 is 1.77. The predicted molar refractivity (Wildman–Crippen MR) is 85.2 cm³/mol. The Bertz CT molecular complexity index is 656. The average molecular weight is 283 g/mol. The van der Waals surface area contributed by atoms with Gasteiger partial charge in [0.25, 0.3) is 0 Å². The second-order valence-corrected chi connectivity index (χ2v) is 5.46. The van der Waals surface area contributed by atoms with E-state index >= 15 is 0 Å². The number of anilines is 1. The molecular formula is C16H21N5. The molecule has 21 heavy (non-hydrogen) atoms. The molecule has 0 saturated carbocycles. The molecule has 1 aliphatic carbocycles. The molecular weight excluding hydrogens is 262 g/mol. The molecule has 0 spiro atoms. The van der Waals surface area contributed by atoms with E-state index in [9.17, 15) is 0 Å². The summed E-state index contributed by atoms with van der Waals surface area (Å²) in [5.41, 5.74) is 10.8. The highest BCUT2D eigenvalue weighted by molar-refractivity contribution is 5.93. The van der Waals surface area contributed by atoms with Gasteiger partial charge in [-0.3, -0.25) is 4.68 Å². The van der Waals surface area contributed by atoms with Gasteiger partial charge in [-0.25, -0.2) is 4.99 Å². The van der Waals surface area contributed by atoms with Crippen molar-refractivity contribution in [3.63, 3.8) is 0 Å². The van der Waals surface area contributed by atoms with Crippen molar-refractivity contribution in [2.24, 2.45) is 17.8 Å². The van der Waals surface area contributed by atoms with Crippen molar-refractivity contribution < 1.29 is 0 Å². The van der Waals surface area contributed by atoms with Crippen molar-refractivity contribution in [1.82, 2.24) is 9.78 Å². The number of benzene rings is 1. The van der Waals surface area contributed by atoms with Crippen molar-refractivity contribution in [2.75, 3.05) is 5.32 Å². The summed E-state index contributed by atoms with van der Waals surface area (Å²) in [6.45, 7) is 0.495. The highest BCUT2D eigenvalue weighted by atomic mass is 15.3. The molecule has 1 aromatic carbocycles. The lowest BCUT2D eigenvalue weighted by Gasteiger charge is -2.19. The Labute approximate surface area is 124 Å². The molecule has 2 aromatic rings. The number of rotatable bonds is 3. The van der Waals surface area contributed by atoms with Crippen LogP contribution >= 0.6 is 0 Å². The molecule has 5 heteroatoms. The zero-order valence-corrected chi connectivity index (χ0v) is 12.3. The van der Waals surface area contributed by atoms with Gasteiger partial charge in [-0.05, 0) is 48.9 Å². The van der Waals surface area contributed by atoms with E-state index in [1.807, 2.05) is 19.3 Å². The van der Waals surface area contributed by atoms with E-state index < -0.39 is 0 Å². The van der Waals surface area contributed by atoms with Crippen LogP contribution in [0.4, 0.5) is 5.69 Å². The van der Waals surface area contributed by atoms with Crippen LogP contribution in [0.25, 0.3) is 0 Å². The molecule has 0 amide bonds. The molecule has 0 radical (unpaired) electrons. The summed E-state index contributed by atoms with van der Waals surface area (Å²) in [6, 6.07) is 8.31. The summed E-state index contributed by atoms with van der Waals surface area (Å²) in [5.74, 6) is 0.444. The van der Waals surface area contributed by atoms with Crippen LogP contribution in [-0.2, 0) is 26.4 Å². The first-order valence-corrected chi connectivity index (χ1v) is 7.38. The predicted octanol–water partition coefficient (Wildman–Crippen LogP) is 2.23. The number of aliphatic imine (C=N–C) groups is 1. The molecule has 1 aliphatic rings. The molecule has 0 saturated heterocycles. The minimum absolute atomic E-state index is 0.444. The number of nitrogens with one attached hydrogen (secondary N) is 1. The molecule has 0 atom stereocenters. The van der Waals surface area contributed by atoms with Gasteiger partial charge in [0, 0.05) is 18.9 Å². The number of hydrogen-bond donors (Lipinski definition) is 2. The number of nitrogens with zero attached hydrogens (tertiary/aromatic N) is 3. The van der Waals surface area contributed by atoms with Crippen LogP contribution in [0.3, 0.4) is 0 Å². The van der Waals surface area contributed by atoms with Crippen LogP contribution in [0.15, 0.2) is 35.5 Å². The zero-order valence-electron chi connectivity index (χ0n) is 12.3. The van der Waals surface area contributed by atoms with Gasteiger partial charge in [0.1, 0.15) is 0 Å². The first kappa shape index (κ1) is 13.7. The fourth-order valence-corrected chi connectivity index (χ4v) is 2.79. The van der Waals surface area contributed by atoms with Crippen LogP contribution < -0.4 is 11.1 Å². The van der Waals surface area contributed by atoms with Gasteiger partial charge in [-0.15, -0.1) is 0 Å². The van der Waals surface area contributed by atoms with Crippen LogP contribution in [0.5, 0.6) is 0 Å². The number of guanidine groups is 1. The molecule has 3 rings (SSSR count). The monoisotopic (exact) mass is 283 g/mol. The van der Waals surface area contributed by atoms with Crippen LogP contribution in [0.2, 0.25) is 0 Å². The smallest absolute Gasteiger partial charge is 0.193 e. The van der Waals surface area contributed by atoms with E-state index in [0.717, 1.165) is 24.2 Å². The Morgan fingerprint density at radius 3 is 3.00 bits per heavy atom. The number of fused-ring (bicyclic) bond motifs is 1. The lowest BCUT2D eigenvalue weighted by molar-refractivity contribution is 0.687. The van der Waals surface area contributed by atoms with Gasteiger partial charge in [-0.2, -0.15) is 5.10 Å². The van der Waals surface area contributed by atoms with Crippen LogP contribution in [0, 0.1) is 0 Å². The van der Waals surface area contributed by atoms with Crippen molar-refractivity contribution >= 4 is 11.6 Å². The largest absolute Gasteiger partial charge is 0.370 e.